The van der Waals surface area contributed by atoms with E-state index in [1.165, 1.54) is 21.5 Å². The normalized spacial score (nSPS) is 19.1. The molecule has 84 heavy (non-hydrogen) atoms. The smallest absolute Gasteiger partial charge is 0.330 e. The minimum absolute atomic E-state index is 0.00514. The van der Waals surface area contributed by atoms with Crippen molar-refractivity contribution in [3.05, 3.63) is 220 Å². The van der Waals surface area contributed by atoms with Gasteiger partial charge in [-0.3, -0.25) is 28.7 Å². The molecule has 9 heterocycles. The van der Waals surface area contributed by atoms with Gasteiger partial charge in [-0.1, -0.05) is 83.9 Å². The molecule has 13 rings (SSSR count). The standard InChI is InChI=1S/C66H58N8O10/c1-35-5-9-39(10-6-35)59-45-21-22-46(67-45)60(40-11-7-36(2)8-12-40)48-24-26-50(69-48)62(42-15-19-44(20-16-42)82-34-56-54(76)30-58(84-56)74-32-38(4)64(78)72-66(74)80)52-28-27-51(70-52)61(49-25-23-47(59)68-49)41-13-17-43(18-14-41)81-33-55-53(75)29-57(83-55)73-31-37(3)63(77)71-65(73)79/h5-28,31-32,53-58,68-69,75-76H,29-30,33-34H2,1-4H3,(H,71,77,79)(H,72,78,80)/t53-,54-,55+,56+,57+,58+/m0/s1. The van der Waals surface area contributed by atoms with Crippen molar-refractivity contribution in [1.82, 2.24) is 39.0 Å². The molecule has 2 fully saturated rings. The number of H-pyrrole nitrogens is 4. The fraction of sp³-hybridized carbons (Fsp3) is 0.212. The molecule has 5 aromatic heterocycles. The SMILES string of the molecule is Cc1ccc(-c2c3nc(c(-c4ccc(C)cc4)c4ccc([nH]4)c(-c4ccc(OC[C@H]5O[C@@H](n6cc(C)c(=O)[nH]c6=O)C[C@@H]5O)cc4)c4nc(c(-c5ccc(OC[C@H]6O[C@@H](n7cc(C)c(=O)[nH]c7=O)C[C@@H]6O)cc5)c5ccc2[nH]5)C=C4)C=C3)cc1. The fourth-order valence-electron chi connectivity index (χ4n) is 11.3. The summed E-state index contributed by atoms with van der Waals surface area (Å²) in [5.74, 6) is 1.06. The van der Waals surface area contributed by atoms with Gasteiger partial charge in [0, 0.05) is 80.7 Å². The molecule has 4 aliphatic heterocycles. The molecule has 0 unspecified atom stereocenters. The number of fused-ring (bicyclic) bond motifs is 8. The molecular formula is C66H58N8O10. The number of aromatic amines is 4. The first kappa shape index (κ1) is 53.6. The van der Waals surface area contributed by atoms with Gasteiger partial charge in [0.15, 0.2) is 0 Å². The highest BCUT2D eigenvalue weighted by molar-refractivity contribution is 6.00. The maximum atomic E-state index is 12.7. The molecule has 422 valence electrons. The number of nitrogens with zero attached hydrogens (tertiary/aromatic N) is 4. The molecule has 0 saturated carbocycles. The lowest BCUT2D eigenvalue weighted by molar-refractivity contribution is -0.0410. The van der Waals surface area contributed by atoms with Crippen molar-refractivity contribution in [3.63, 3.8) is 0 Å². The van der Waals surface area contributed by atoms with E-state index in [9.17, 15) is 29.4 Å². The average molecular weight is 1120 g/mol. The predicted octanol–water partition coefficient (Wildman–Crippen LogP) is 9.71. The first-order valence-electron chi connectivity index (χ1n) is 27.8. The summed E-state index contributed by atoms with van der Waals surface area (Å²) in [4.78, 5) is 72.5. The van der Waals surface area contributed by atoms with Crippen LogP contribution in [0.3, 0.4) is 0 Å². The van der Waals surface area contributed by atoms with E-state index in [1.54, 1.807) is 13.8 Å². The minimum Gasteiger partial charge on any atom is -0.491 e. The van der Waals surface area contributed by atoms with E-state index >= 15 is 0 Å². The molecule has 6 atom stereocenters. The Labute approximate surface area is 479 Å². The zero-order valence-corrected chi connectivity index (χ0v) is 46.3. The second-order valence-corrected chi connectivity index (χ2v) is 21.7. The van der Waals surface area contributed by atoms with E-state index in [0.29, 0.717) is 34.0 Å². The maximum absolute atomic E-state index is 12.7. The maximum Gasteiger partial charge on any atom is 0.330 e. The molecular weight excluding hydrogens is 1060 g/mol. The van der Waals surface area contributed by atoms with Crippen LogP contribution in [0.2, 0.25) is 0 Å². The Morgan fingerprint density at radius 2 is 0.762 bits per heavy atom. The molecule has 4 aromatic carbocycles. The van der Waals surface area contributed by atoms with Gasteiger partial charge in [-0.2, -0.15) is 0 Å². The predicted molar refractivity (Wildman–Crippen MR) is 322 cm³/mol. The Bertz CT molecular complexity index is 4250. The van der Waals surface area contributed by atoms with E-state index in [4.69, 9.17) is 28.9 Å². The number of aryl methyl sites for hydroxylation is 4. The van der Waals surface area contributed by atoms with Gasteiger partial charge in [0.25, 0.3) is 11.1 Å². The van der Waals surface area contributed by atoms with Crippen LogP contribution in [0.25, 0.3) is 90.9 Å². The van der Waals surface area contributed by atoms with Crippen molar-refractivity contribution < 1.29 is 29.2 Å². The van der Waals surface area contributed by atoms with Crippen molar-refractivity contribution in [1.29, 1.82) is 0 Å². The molecule has 0 aliphatic carbocycles. The first-order valence-corrected chi connectivity index (χ1v) is 27.8. The molecule has 4 aliphatic rings. The summed E-state index contributed by atoms with van der Waals surface area (Å²) in [5, 5.41) is 22.0. The lowest BCUT2D eigenvalue weighted by Crippen LogP contribution is -2.33. The Balaban J connectivity index is 0.908. The first-order chi connectivity index (χ1) is 40.7. The van der Waals surface area contributed by atoms with E-state index in [1.807, 2.05) is 60.7 Å². The number of ether oxygens (including phenoxy) is 4. The summed E-state index contributed by atoms with van der Waals surface area (Å²) in [6.07, 6.45) is 6.44. The van der Waals surface area contributed by atoms with Crippen LogP contribution in [0.1, 0.15) is 70.3 Å². The lowest BCUT2D eigenvalue weighted by atomic mass is 10.0. The van der Waals surface area contributed by atoms with E-state index in [-0.39, 0.29) is 26.1 Å². The summed E-state index contributed by atoms with van der Waals surface area (Å²) >= 11 is 0. The topological polar surface area (TPSA) is 244 Å². The van der Waals surface area contributed by atoms with Crippen molar-refractivity contribution >= 4 is 46.4 Å². The number of hydrogen-bond acceptors (Lipinski definition) is 12. The Hall–Kier alpha value is -9.72. The number of rotatable bonds is 12. The molecule has 9 aromatic rings. The Morgan fingerprint density at radius 1 is 0.452 bits per heavy atom. The number of aromatic nitrogens is 8. The molecule has 8 bridgehead atoms. The summed E-state index contributed by atoms with van der Waals surface area (Å²) in [5.41, 5.74) is 14.2. The van der Waals surface area contributed by atoms with Crippen molar-refractivity contribution in [2.75, 3.05) is 13.2 Å². The Kier molecular flexibility index (Phi) is 14.0. The highest BCUT2D eigenvalue weighted by atomic mass is 16.6. The monoisotopic (exact) mass is 1120 g/mol. The molecule has 6 N–H and O–H groups in total. The number of hydrogen-bond donors (Lipinski definition) is 6. The van der Waals surface area contributed by atoms with Gasteiger partial charge in [-0.25, -0.2) is 19.6 Å². The van der Waals surface area contributed by atoms with Crippen LogP contribution in [0.15, 0.2) is 153 Å². The number of aliphatic hydroxyl groups is 2. The van der Waals surface area contributed by atoms with Gasteiger partial charge in [0.2, 0.25) is 0 Å². The molecule has 0 spiro atoms. The van der Waals surface area contributed by atoms with Gasteiger partial charge in [0.05, 0.1) is 35.0 Å². The van der Waals surface area contributed by atoms with Crippen molar-refractivity contribution in [3.8, 4) is 56.0 Å². The van der Waals surface area contributed by atoms with Crippen LogP contribution in [-0.2, 0) is 9.47 Å². The molecule has 0 radical (unpaired) electrons. The van der Waals surface area contributed by atoms with E-state index in [2.05, 4.69) is 119 Å². The van der Waals surface area contributed by atoms with Gasteiger partial charge in [0.1, 0.15) is 49.4 Å². The second kappa shape index (κ2) is 21.9. The molecule has 18 heteroatoms. The van der Waals surface area contributed by atoms with Crippen LogP contribution in [-0.4, -0.2) is 86.9 Å². The third-order valence-corrected chi connectivity index (χ3v) is 15.9. The van der Waals surface area contributed by atoms with Crippen LogP contribution in [0.4, 0.5) is 0 Å². The zero-order valence-electron chi connectivity index (χ0n) is 46.3. The molecule has 18 nitrogen and oxygen atoms in total. The number of aliphatic hydroxyl groups excluding tert-OH is 2. The van der Waals surface area contributed by atoms with Crippen molar-refractivity contribution in [2.24, 2.45) is 0 Å². The van der Waals surface area contributed by atoms with Crippen LogP contribution in [0, 0.1) is 27.7 Å². The van der Waals surface area contributed by atoms with E-state index < -0.39 is 59.4 Å². The lowest BCUT2D eigenvalue weighted by Gasteiger charge is -2.17. The third-order valence-electron chi connectivity index (χ3n) is 15.9. The minimum atomic E-state index is -0.922. The Morgan fingerprint density at radius 3 is 1.08 bits per heavy atom. The summed E-state index contributed by atoms with van der Waals surface area (Å²) < 4.78 is 27.3. The van der Waals surface area contributed by atoms with Crippen LogP contribution >= 0.6 is 0 Å². The van der Waals surface area contributed by atoms with Gasteiger partial charge >= 0.3 is 11.4 Å². The fourth-order valence-corrected chi connectivity index (χ4v) is 11.3. The van der Waals surface area contributed by atoms with Crippen molar-refractivity contribution in [2.45, 2.75) is 77.4 Å². The van der Waals surface area contributed by atoms with Gasteiger partial charge < -0.3 is 39.1 Å². The van der Waals surface area contributed by atoms with Gasteiger partial charge in [-0.05, 0) is 123 Å². The molecule has 2 saturated heterocycles. The van der Waals surface area contributed by atoms with E-state index in [0.717, 1.165) is 89.1 Å². The van der Waals surface area contributed by atoms with Gasteiger partial charge in [-0.15, -0.1) is 0 Å². The number of benzene rings is 4. The highest BCUT2D eigenvalue weighted by Crippen LogP contribution is 2.40. The zero-order chi connectivity index (χ0) is 57.9. The molecule has 0 amide bonds. The highest BCUT2D eigenvalue weighted by Gasteiger charge is 2.37. The summed E-state index contributed by atoms with van der Waals surface area (Å²) in [7, 11) is 0. The quantitative estimate of drug-likeness (QED) is 0.0670. The number of nitrogens with one attached hydrogen (secondary N) is 4. The summed E-state index contributed by atoms with van der Waals surface area (Å²) in [6, 6.07) is 40.5. The second-order valence-electron chi connectivity index (χ2n) is 21.7. The largest absolute Gasteiger partial charge is 0.491 e. The average Bonchev–Trinajstić information content (AvgIpc) is 4.22. The summed E-state index contributed by atoms with van der Waals surface area (Å²) in [6.45, 7) is 7.35. The van der Waals surface area contributed by atoms with Crippen LogP contribution < -0.4 is 32.0 Å². The van der Waals surface area contributed by atoms with Crippen LogP contribution in [0.5, 0.6) is 11.5 Å². The third kappa shape index (κ3) is 10.4.